The van der Waals surface area contributed by atoms with E-state index in [9.17, 15) is 4.79 Å². The average Bonchev–Trinajstić information content (AvgIpc) is 2.43. The number of carbonyl (C=O) groups is 1. The normalized spacial score (nSPS) is 14.2. The number of amides is 1. The zero-order valence-electron chi connectivity index (χ0n) is 8.54. The maximum absolute atomic E-state index is 10.8. The fourth-order valence-electron chi connectivity index (χ4n) is 1.01. The first-order valence-electron chi connectivity index (χ1n) is 4.55. The second-order valence-corrected chi connectivity index (χ2v) is 3.24. The van der Waals surface area contributed by atoms with Crippen LogP contribution < -0.4 is 5.32 Å². The van der Waals surface area contributed by atoms with Gasteiger partial charge in [0.05, 0.1) is 12.6 Å². The van der Waals surface area contributed by atoms with Crippen molar-refractivity contribution in [3.05, 3.63) is 0 Å². The molecule has 5 heteroatoms. The molecule has 0 aromatic heterocycles. The first-order valence-corrected chi connectivity index (χ1v) is 4.96. The van der Waals surface area contributed by atoms with Crippen molar-refractivity contribution < 1.29 is 4.79 Å². The van der Waals surface area contributed by atoms with Gasteiger partial charge in [0.1, 0.15) is 0 Å². The van der Waals surface area contributed by atoms with E-state index in [1.54, 1.807) is 6.07 Å². The largest absolute Gasteiger partial charge is 0.340 e. The summed E-state index contributed by atoms with van der Waals surface area (Å²) in [5.41, 5.74) is 0. The van der Waals surface area contributed by atoms with E-state index in [-0.39, 0.29) is 5.91 Å². The molecule has 78 valence electrons. The predicted octanol–water partition coefficient (Wildman–Crippen LogP) is 1.03. The number of rotatable bonds is 3. The highest BCUT2D eigenvalue weighted by atomic mass is 32.1. The van der Waals surface area contributed by atoms with Crippen LogP contribution in [0.3, 0.4) is 0 Å². The first-order chi connectivity index (χ1) is 6.65. The number of nitrogens with zero attached hydrogens (tertiary/aromatic N) is 2. The van der Waals surface area contributed by atoms with Gasteiger partial charge in [-0.15, -0.1) is 0 Å². The van der Waals surface area contributed by atoms with Crippen molar-refractivity contribution in [1.82, 2.24) is 10.2 Å². The summed E-state index contributed by atoms with van der Waals surface area (Å²) in [5.74, 6) is 0.0195. The predicted molar refractivity (Wildman–Crippen MR) is 58.5 cm³/mol. The zero-order valence-corrected chi connectivity index (χ0v) is 9.36. The fourth-order valence-corrected chi connectivity index (χ4v) is 1.28. The van der Waals surface area contributed by atoms with Gasteiger partial charge in [-0.2, -0.15) is 5.26 Å². The average molecular weight is 213 g/mol. The molecule has 1 amide bonds. The summed E-state index contributed by atoms with van der Waals surface area (Å²) in [4.78, 5) is 12.7. The van der Waals surface area contributed by atoms with Gasteiger partial charge in [0.25, 0.3) is 0 Å². The summed E-state index contributed by atoms with van der Waals surface area (Å²) in [5, 5.41) is 10.5. The lowest BCUT2D eigenvalue weighted by molar-refractivity contribution is -0.118. The molecule has 0 aromatic carbocycles. The molecule has 0 unspecified atom stereocenters. The molecular weight excluding hydrogens is 198 g/mol. The highest BCUT2D eigenvalue weighted by Crippen LogP contribution is 2.00. The molecule has 1 rings (SSSR count). The Hall–Kier alpha value is -1.15. The third-order valence-electron chi connectivity index (χ3n) is 1.65. The van der Waals surface area contributed by atoms with Crippen LogP contribution >= 0.6 is 12.2 Å². The van der Waals surface area contributed by atoms with Crippen molar-refractivity contribution in [2.45, 2.75) is 26.7 Å². The molecule has 1 N–H and O–H groups in total. The molecule has 0 bridgehead atoms. The van der Waals surface area contributed by atoms with Crippen LogP contribution in [-0.4, -0.2) is 29.0 Å². The number of nitriles is 1. The summed E-state index contributed by atoms with van der Waals surface area (Å²) in [6.07, 6.45) is 2.22. The topological polar surface area (TPSA) is 56.1 Å². The first kappa shape index (κ1) is 12.8. The summed E-state index contributed by atoms with van der Waals surface area (Å²) >= 11 is 4.92. The van der Waals surface area contributed by atoms with Gasteiger partial charge >= 0.3 is 0 Å². The number of unbranched alkanes of at least 4 members (excludes halogenated alkanes) is 1. The third kappa shape index (κ3) is 4.77. The van der Waals surface area contributed by atoms with Gasteiger partial charge in [-0.05, 0) is 18.6 Å². The Balaban J connectivity index is 0.000000500. The molecule has 0 aliphatic carbocycles. The third-order valence-corrected chi connectivity index (χ3v) is 2.01. The van der Waals surface area contributed by atoms with Crippen LogP contribution in [0.25, 0.3) is 0 Å². The van der Waals surface area contributed by atoms with Crippen LogP contribution in [0.4, 0.5) is 0 Å². The van der Waals surface area contributed by atoms with E-state index in [1.165, 1.54) is 6.92 Å². The van der Waals surface area contributed by atoms with E-state index in [2.05, 4.69) is 12.2 Å². The monoisotopic (exact) mass is 213 g/mol. The quantitative estimate of drug-likeness (QED) is 0.711. The van der Waals surface area contributed by atoms with Crippen LogP contribution in [0, 0.1) is 11.3 Å². The molecule has 0 atom stereocenters. The van der Waals surface area contributed by atoms with Gasteiger partial charge in [-0.25, -0.2) is 0 Å². The van der Waals surface area contributed by atoms with Crippen LogP contribution in [0.15, 0.2) is 0 Å². The van der Waals surface area contributed by atoms with Crippen molar-refractivity contribution in [2.75, 3.05) is 13.1 Å². The van der Waals surface area contributed by atoms with Crippen LogP contribution in [0.5, 0.6) is 0 Å². The standard InChI is InChI=1S/C7H12N2OS.C2H3N/c1-2-3-4-9-5-6(10)8-7(9)11;1-2-3/h2-5H2,1H3,(H,8,10,11);1H3. The summed E-state index contributed by atoms with van der Waals surface area (Å²) in [6, 6.07) is 1.75. The van der Waals surface area contributed by atoms with E-state index in [1.807, 2.05) is 4.90 Å². The minimum atomic E-state index is 0.0195. The number of carbonyl (C=O) groups excluding carboxylic acids is 1. The van der Waals surface area contributed by atoms with Crippen LogP contribution in [-0.2, 0) is 4.79 Å². The van der Waals surface area contributed by atoms with Crippen molar-refractivity contribution in [3.63, 3.8) is 0 Å². The van der Waals surface area contributed by atoms with Crippen LogP contribution in [0.2, 0.25) is 0 Å². The van der Waals surface area contributed by atoms with Gasteiger partial charge < -0.3 is 10.2 Å². The summed E-state index contributed by atoms with van der Waals surface area (Å²) in [6.45, 7) is 4.89. The lowest BCUT2D eigenvalue weighted by atomic mass is 10.3. The molecular formula is C9H15N3OS. The molecule has 0 radical (unpaired) electrons. The smallest absolute Gasteiger partial charge is 0.245 e. The number of hydrogen-bond donors (Lipinski definition) is 1. The van der Waals surface area contributed by atoms with E-state index in [4.69, 9.17) is 17.5 Å². The van der Waals surface area contributed by atoms with Gasteiger partial charge in [0.2, 0.25) is 5.91 Å². The number of hydrogen-bond acceptors (Lipinski definition) is 3. The van der Waals surface area contributed by atoms with Crippen LogP contribution in [0.1, 0.15) is 26.7 Å². The Morgan fingerprint density at radius 3 is 2.64 bits per heavy atom. The molecule has 1 saturated heterocycles. The van der Waals surface area contributed by atoms with Crippen molar-refractivity contribution in [1.29, 1.82) is 5.26 Å². The Morgan fingerprint density at radius 1 is 1.71 bits per heavy atom. The van der Waals surface area contributed by atoms with Crippen molar-refractivity contribution >= 4 is 23.2 Å². The molecule has 0 aromatic rings. The Morgan fingerprint density at radius 2 is 2.29 bits per heavy atom. The second kappa shape index (κ2) is 7.27. The molecule has 1 aliphatic heterocycles. The van der Waals surface area contributed by atoms with Crippen molar-refractivity contribution in [3.8, 4) is 6.07 Å². The maximum atomic E-state index is 10.8. The summed E-state index contributed by atoms with van der Waals surface area (Å²) < 4.78 is 0. The molecule has 14 heavy (non-hydrogen) atoms. The highest BCUT2D eigenvalue weighted by molar-refractivity contribution is 7.80. The molecule has 1 aliphatic rings. The lowest BCUT2D eigenvalue weighted by Crippen LogP contribution is -2.28. The molecule has 0 saturated carbocycles. The Labute approximate surface area is 89.9 Å². The second-order valence-electron chi connectivity index (χ2n) is 2.85. The van der Waals surface area contributed by atoms with Gasteiger partial charge in [-0.1, -0.05) is 13.3 Å². The van der Waals surface area contributed by atoms with Gasteiger partial charge in [-0.3, -0.25) is 4.79 Å². The van der Waals surface area contributed by atoms with E-state index in [0.29, 0.717) is 11.7 Å². The van der Waals surface area contributed by atoms with Gasteiger partial charge in [0.15, 0.2) is 5.11 Å². The molecule has 4 nitrogen and oxygen atoms in total. The Bertz CT molecular complexity index is 247. The molecule has 0 spiro atoms. The van der Waals surface area contributed by atoms with E-state index < -0.39 is 0 Å². The minimum Gasteiger partial charge on any atom is -0.340 e. The lowest BCUT2D eigenvalue weighted by Gasteiger charge is -2.13. The SMILES string of the molecule is CC#N.CCCCN1CC(=O)NC1=S. The van der Waals surface area contributed by atoms with Gasteiger partial charge in [0, 0.05) is 13.5 Å². The number of thiocarbonyl (C=S) groups is 1. The molecule has 1 fully saturated rings. The fraction of sp³-hybridized carbons (Fsp3) is 0.667. The van der Waals surface area contributed by atoms with E-state index >= 15 is 0 Å². The maximum Gasteiger partial charge on any atom is 0.245 e. The zero-order chi connectivity index (χ0) is 11.0. The summed E-state index contributed by atoms with van der Waals surface area (Å²) in [7, 11) is 0. The van der Waals surface area contributed by atoms with Crippen molar-refractivity contribution in [2.24, 2.45) is 0 Å². The molecule has 1 heterocycles. The highest BCUT2D eigenvalue weighted by Gasteiger charge is 2.21. The minimum absolute atomic E-state index is 0.0195. The number of nitrogens with one attached hydrogen (secondary N) is 1. The van der Waals surface area contributed by atoms with E-state index in [0.717, 1.165) is 19.4 Å². The Kier molecular flexibility index (Phi) is 6.68.